The third-order valence-corrected chi connectivity index (χ3v) is 10.7. The Morgan fingerprint density at radius 1 is 1.03 bits per heavy atom. The Morgan fingerprint density at radius 2 is 1.65 bits per heavy atom. The summed E-state index contributed by atoms with van der Waals surface area (Å²) < 4.78 is 27.4. The topological polar surface area (TPSA) is 83.6 Å². The molecule has 0 spiro atoms. The minimum Gasteiger partial charge on any atom is -0.353 e. The van der Waals surface area contributed by atoms with Crippen LogP contribution >= 0.6 is 0 Å². The van der Waals surface area contributed by atoms with Gasteiger partial charge in [0.25, 0.3) is 0 Å². The highest BCUT2D eigenvalue weighted by atomic mass is 32.2. The number of fused-ring (bicyclic) bond motifs is 2. The molecule has 1 aromatic rings. The number of carbonyl (C=O) groups is 2. The van der Waals surface area contributed by atoms with E-state index in [1.54, 1.807) is 12.1 Å². The number of nitrogens with zero attached hydrogens (tertiary/aromatic N) is 1. The summed E-state index contributed by atoms with van der Waals surface area (Å²) in [5.74, 6) is 0.516. The number of sulfonamides is 1. The van der Waals surface area contributed by atoms with Gasteiger partial charge < -0.3 is 5.32 Å². The largest absolute Gasteiger partial charge is 0.353 e. The fourth-order valence-corrected chi connectivity index (χ4v) is 7.55. The molecule has 1 N–H and O–H groups in total. The van der Waals surface area contributed by atoms with Crippen LogP contribution in [0.1, 0.15) is 70.2 Å². The summed E-state index contributed by atoms with van der Waals surface area (Å²) in [7, 11) is -3.62. The van der Waals surface area contributed by atoms with Crippen molar-refractivity contribution in [2.75, 3.05) is 13.1 Å². The molecule has 1 amide bonds. The van der Waals surface area contributed by atoms with E-state index in [-0.39, 0.29) is 39.4 Å². The zero-order chi connectivity index (χ0) is 22.6. The zero-order valence-corrected chi connectivity index (χ0v) is 19.8. The summed E-state index contributed by atoms with van der Waals surface area (Å²) in [6.45, 7) is 9.12. The van der Waals surface area contributed by atoms with E-state index in [9.17, 15) is 18.0 Å². The molecule has 3 fully saturated rings. The summed E-state index contributed by atoms with van der Waals surface area (Å²) in [4.78, 5) is 24.6. The Balaban J connectivity index is 1.36. The van der Waals surface area contributed by atoms with Gasteiger partial charge in [-0.3, -0.25) is 9.59 Å². The second kappa shape index (κ2) is 7.69. The van der Waals surface area contributed by atoms with Crippen molar-refractivity contribution in [3.05, 3.63) is 29.8 Å². The average Bonchev–Trinajstić information content (AvgIpc) is 3.07. The minimum atomic E-state index is -3.62. The molecular formula is C24H34N2O4S. The fourth-order valence-electron chi connectivity index (χ4n) is 6.08. The van der Waals surface area contributed by atoms with Gasteiger partial charge in [0.05, 0.1) is 4.90 Å². The fraction of sp³-hybridized carbons (Fsp3) is 0.667. The third kappa shape index (κ3) is 3.63. The number of Topliss-reactive ketones (excluding diaryl/α,β-unsaturated/α-hetero) is 1. The molecule has 2 saturated carbocycles. The lowest BCUT2D eigenvalue weighted by Gasteiger charge is -2.40. The maximum atomic E-state index is 13.0. The molecule has 1 aliphatic heterocycles. The van der Waals surface area contributed by atoms with Crippen LogP contribution < -0.4 is 5.32 Å². The highest BCUT2D eigenvalue weighted by Crippen LogP contribution is 2.65. The van der Waals surface area contributed by atoms with Crippen molar-refractivity contribution in [1.29, 1.82) is 0 Å². The number of benzene rings is 1. The molecule has 3 aliphatic rings. The summed E-state index contributed by atoms with van der Waals surface area (Å²) in [5, 5.41) is 3.34. The lowest BCUT2D eigenvalue weighted by atomic mass is 9.69. The molecule has 2 bridgehead atoms. The molecule has 3 unspecified atom stereocenters. The highest BCUT2D eigenvalue weighted by Gasteiger charge is 2.61. The van der Waals surface area contributed by atoms with Crippen molar-refractivity contribution < 1.29 is 18.0 Å². The van der Waals surface area contributed by atoms with E-state index in [1.807, 2.05) is 0 Å². The molecule has 0 radical (unpaired) electrons. The van der Waals surface area contributed by atoms with Crippen LogP contribution in [0.25, 0.3) is 0 Å². The van der Waals surface area contributed by atoms with Crippen LogP contribution in [0.15, 0.2) is 29.2 Å². The predicted molar refractivity (Wildman–Crippen MR) is 119 cm³/mol. The average molecular weight is 447 g/mol. The van der Waals surface area contributed by atoms with Gasteiger partial charge in [0.15, 0.2) is 5.78 Å². The van der Waals surface area contributed by atoms with Gasteiger partial charge in [-0.2, -0.15) is 4.31 Å². The van der Waals surface area contributed by atoms with Crippen LogP contribution in [0.4, 0.5) is 0 Å². The van der Waals surface area contributed by atoms with Crippen molar-refractivity contribution in [2.24, 2.45) is 22.7 Å². The van der Waals surface area contributed by atoms with E-state index in [4.69, 9.17) is 0 Å². The van der Waals surface area contributed by atoms with Crippen LogP contribution in [0.5, 0.6) is 0 Å². The Bertz CT molecular complexity index is 977. The van der Waals surface area contributed by atoms with Gasteiger partial charge in [-0.15, -0.1) is 0 Å². The molecule has 1 heterocycles. The summed E-state index contributed by atoms with van der Waals surface area (Å²) >= 11 is 0. The van der Waals surface area contributed by atoms with E-state index < -0.39 is 10.0 Å². The number of ketones is 1. The van der Waals surface area contributed by atoms with Crippen LogP contribution in [0.2, 0.25) is 0 Å². The first kappa shape index (κ1) is 22.5. The number of hydrogen-bond donors (Lipinski definition) is 1. The molecule has 7 heteroatoms. The molecule has 170 valence electrons. The monoisotopic (exact) mass is 446 g/mol. The Kier molecular flexibility index (Phi) is 5.58. The van der Waals surface area contributed by atoms with Gasteiger partial charge in [-0.25, -0.2) is 8.42 Å². The Hall–Kier alpha value is -1.73. The van der Waals surface area contributed by atoms with E-state index in [0.717, 1.165) is 12.8 Å². The van der Waals surface area contributed by atoms with Crippen molar-refractivity contribution in [2.45, 2.75) is 70.7 Å². The SMILES string of the molecule is CC(=O)c1ccc(S(=O)(=O)N2CCC(C(=O)NC3CC4CCC3(C)C4(C)C)CC2)cc1. The van der Waals surface area contributed by atoms with Gasteiger partial charge in [0.2, 0.25) is 15.9 Å². The normalized spacial score (nSPS) is 31.0. The number of rotatable bonds is 5. The number of amides is 1. The van der Waals surface area contributed by atoms with Crippen LogP contribution in [-0.2, 0) is 14.8 Å². The zero-order valence-electron chi connectivity index (χ0n) is 19.0. The lowest BCUT2D eigenvalue weighted by molar-refractivity contribution is -0.127. The maximum Gasteiger partial charge on any atom is 0.243 e. The minimum absolute atomic E-state index is 0.0810. The van der Waals surface area contributed by atoms with Crippen molar-refractivity contribution in [3.63, 3.8) is 0 Å². The lowest BCUT2D eigenvalue weighted by Crippen LogP contribution is -2.50. The van der Waals surface area contributed by atoms with Crippen molar-refractivity contribution in [3.8, 4) is 0 Å². The second-order valence-electron chi connectivity index (χ2n) is 10.4. The predicted octanol–water partition coefficient (Wildman–Crippen LogP) is 3.62. The molecular weight excluding hydrogens is 412 g/mol. The number of carbonyl (C=O) groups excluding carboxylic acids is 2. The Morgan fingerprint density at radius 3 is 2.13 bits per heavy atom. The number of hydrogen-bond acceptors (Lipinski definition) is 4. The third-order valence-electron chi connectivity index (χ3n) is 8.83. The molecule has 3 atom stereocenters. The first-order valence-corrected chi connectivity index (χ1v) is 12.8. The summed E-state index contributed by atoms with van der Waals surface area (Å²) in [5.41, 5.74) is 0.885. The van der Waals surface area contributed by atoms with Gasteiger partial charge in [-0.05, 0) is 67.9 Å². The first-order valence-electron chi connectivity index (χ1n) is 11.4. The molecule has 1 saturated heterocycles. The van der Waals surface area contributed by atoms with Gasteiger partial charge in [-0.1, -0.05) is 32.9 Å². The van der Waals surface area contributed by atoms with Crippen LogP contribution in [-0.4, -0.2) is 43.5 Å². The van der Waals surface area contributed by atoms with E-state index in [2.05, 4.69) is 26.1 Å². The molecule has 0 aromatic heterocycles. The molecule has 2 aliphatic carbocycles. The molecule has 1 aromatic carbocycles. The van der Waals surface area contributed by atoms with Crippen molar-refractivity contribution in [1.82, 2.24) is 9.62 Å². The van der Waals surface area contributed by atoms with Gasteiger partial charge in [0.1, 0.15) is 0 Å². The Labute approximate surface area is 185 Å². The smallest absolute Gasteiger partial charge is 0.243 e. The quantitative estimate of drug-likeness (QED) is 0.700. The van der Waals surface area contributed by atoms with E-state index in [0.29, 0.717) is 37.4 Å². The number of piperidine rings is 1. The van der Waals surface area contributed by atoms with Crippen LogP contribution in [0.3, 0.4) is 0 Å². The molecule has 6 nitrogen and oxygen atoms in total. The van der Waals surface area contributed by atoms with Gasteiger partial charge >= 0.3 is 0 Å². The summed E-state index contributed by atoms with van der Waals surface area (Å²) in [6, 6.07) is 6.29. The highest BCUT2D eigenvalue weighted by molar-refractivity contribution is 7.89. The molecule has 31 heavy (non-hydrogen) atoms. The maximum absolute atomic E-state index is 13.0. The van der Waals surface area contributed by atoms with Crippen molar-refractivity contribution >= 4 is 21.7 Å². The summed E-state index contributed by atoms with van der Waals surface area (Å²) in [6.07, 6.45) is 4.53. The first-order chi connectivity index (χ1) is 14.5. The second-order valence-corrected chi connectivity index (χ2v) is 12.4. The standard InChI is InChI=1S/C24H34N2O4S/c1-16(27)17-5-7-20(8-6-17)31(29,30)26-13-10-18(11-14-26)22(28)25-21-15-19-9-12-24(21,4)23(19,2)3/h5-8,18-19,21H,9-15H2,1-4H3,(H,25,28). The van der Waals surface area contributed by atoms with Crippen LogP contribution in [0, 0.1) is 22.7 Å². The molecule has 4 rings (SSSR count). The number of nitrogens with one attached hydrogen (secondary N) is 1. The van der Waals surface area contributed by atoms with E-state index >= 15 is 0 Å². The van der Waals surface area contributed by atoms with E-state index in [1.165, 1.54) is 29.8 Å². The van der Waals surface area contributed by atoms with Gasteiger partial charge in [0, 0.05) is 30.6 Å².